The van der Waals surface area contributed by atoms with Gasteiger partial charge in [-0.05, 0) is 66.4 Å². The number of nitrogens with zero attached hydrogens (tertiary/aromatic N) is 3. The van der Waals surface area contributed by atoms with Crippen LogP contribution in [0.3, 0.4) is 0 Å². The van der Waals surface area contributed by atoms with Crippen molar-refractivity contribution in [1.82, 2.24) is 14.9 Å². The standard InChI is InChI=1S/C36H34N4O4/c1-4-10-34-33(23-26-15-17-27(18-16-26)31-13-8-9-14-32(31)35(37-24-41)39-43-3)36(42)40(25(2)38-34)28-19-21-30(22-20-28)44-29-11-6-5-7-12-29/h5-9,11-22,24H,4,10,23H2,1-3H3,(H,37,39,41). The van der Waals surface area contributed by atoms with Gasteiger partial charge in [-0.2, -0.15) is 0 Å². The third-order valence-electron chi connectivity index (χ3n) is 7.20. The van der Waals surface area contributed by atoms with Gasteiger partial charge >= 0.3 is 0 Å². The monoisotopic (exact) mass is 586 g/mol. The minimum absolute atomic E-state index is 0.0764. The molecule has 8 heteroatoms. The number of oxime groups is 1. The van der Waals surface area contributed by atoms with Crippen LogP contribution >= 0.6 is 0 Å². The topological polar surface area (TPSA) is 94.8 Å². The Morgan fingerprint density at radius 1 is 0.909 bits per heavy atom. The predicted octanol–water partition coefficient (Wildman–Crippen LogP) is 6.60. The summed E-state index contributed by atoms with van der Waals surface area (Å²) in [4.78, 5) is 35.0. The molecular formula is C36H34N4O4. The van der Waals surface area contributed by atoms with Crippen molar-refractivity contribution in [3.8, 4) is 28.3 Å². The molecule has 1 amide bonds. The Balaban J connectivity index is 1.45. The van der Waals surface area contributed by atoms with Gasteiger partial charge in [0.2, 0.25) is 6.41 Å². The lowest BCUT2D eigenvalue weighted by Crippen LogP contribution is -2.28. The van der Waals surface area contributed by atoms with Crippen LogP contribution in [-0.2, 0) is 22.5 Å². The van der Waals surface area contributed by atoms with Crippen LogP contribution in [0.15, 0.2) is 113 Å². The second-order valence-corrected chi connectivity index (χ2v) is 10.2. The smallest absolute Gasteiger partial charge is 0.261 e. The molecule has 1 N–H and O–H groups in total. The third-order valence-corrected chi connectivity index (χ3v) is 7.20. The average molecular weight is 587 g/mol. The van der Waals surface area contributed by atoms with Crippen LogP contribution < -0.4 is 15.6 Å². The maximum Gasteiger partial charge on any atom is 0.261 e. The normalized spacial score (nSPS) is 11.2. The highest BCUT2D eigenvalue weighted by Crippen LogP contribution is 2.26. The molecule has 8 nitrogen and oxygen atoms in total. The molecule has 0 saturated heterocycles. The van der Waals surface area contributed by atoms with Crippen LogP contribution in [0.25, 0.3) is 16.8 Å². The molecule has 222 valence electrons. The molecular weight excluding hydrogens is 552 g/mol. The van der Waals surface area contributed by atoms with Crippen LogP contribution in [0, 0.1) is 6.92 Å². The van der Waals surface area contributed by atoms with Gasteiger partial charge in [-0.25, -0.2) is 4.98 Å². The molecule has 5 rings (SSSR count). The number of carbonyl (C=O) groups is 1. The molecule has 0 aliphatic heterocycles. The van der Waals surface area contributed by atoms with E-state index in [1.807, 2.05) is 110 Å². The molecule has 0 aliphatic carbocycles. The summed E-state index contributed by atoms with van der Waals surface area (Å²) in [5, 5.41) is 6.58. The van der Waals surface area contributed by atoms with E-state index in [2.05, 4.69) is 17.4 Å². The number of carbonyl (C=O) groups excluding carboxylic acids is 1. The highest BCUT2D eigenvalue weighted by atomic mass is 16.6. The molecule has 0 aliphatic rings. The molecule has 0 fully saturated rings. The van der Waals surface area contributed by atoms with E-state index >= 15 is 0 Å². The Labute approximate surface area is 256 Å². The minimum atomic E-state index is -0.0764. The number of amides is 1. The molecule has 0 radical (unpaired) electrons. The van der Waals surface area contributed by atoms with Gasteiger partial charge in [-0.1, -0.05) is 85.2 Å². The number of para-hydroxylation sites is 1. The van der Waals surface area contributed by atoms with Crippen molar-refractivity contribution >= 4 is 12.2 Å². The van der Waals surface area contributed by atoms with Gasteiger partial charge in [-0.3, -0.25) is 14.2 Å². The number of benzene rings is 4. The summed E-state index contributed by atoms with van der Waals surface area (Å²) in [6.45, 7) is 3.95. The van der Waals surface area contributed by atoms with Gasteiger partial charge < -0.3 is 14.9 Å². The van der Waals surface area contributed by atoms with Crippen LogP contribution in [-0.4, -0.2) is 28.9 Å². The van der Waals surface area contributed by atoms with E-state index in [1.165, 1.54) is 7.11 Å². The molecule has 0 bridgehead atoms. The number of nitrogens with one attached hydrogen (secondary N) is 1. The largest absolute Gasteiger partial charge is 0.457 e. The Hall–Kier alpha value is -5.50. The van der Waals surface area contributed by atoms with E-state index in [9.17, 15) is 9.59 Å². The van der Waals surface area contributed by atoms with E-state index in [1.54, 1.807) is 4.57 Å². The fourth-order valence-electron chi connectivity index (χ4n) is 5.18. The van der Waals surface area contributed by atoms with Crippen molar-refractivity contribution in [2.45, 2.75) is 33.1 Å². The lowest BCUT2D eigenvalue weighted by molar-refractivity contribution is -0.108. The zero-order chi connectivity index (χ0) is 30.9. The van der Waals surface area contributed by atoms with Crippen LogP contribution in [0.4, 0.5) is 0 Å². The van der Waals surface area contributed by atoms with Crippen LogP contribution in [0.5, 0.6) is 11.5 Å². The van der Waals surface area contributed by atoms with Crippen molar-refractivity contribution in [2.24, 2.45) is 5.16 Å². The summed E-state index contributed by atoms with van der Waals surface area (Å²) in [5.41, 5.74) is 5.69. The van der Waals surface area contributed by atoms with Gasteiger partial charge in [0.15, 0.2) is 5.84 Å². The lowest BCUT2D eigenvalue weighted by Gasteiger charge is -2.16. The maximum atomic E-state index is 14.0. The van der Waals surface area contributed by atoms with Crippen molar-refractivity contribution in [3.05, 3.63) is 142 Å². The highest BCUT2D eigenvalue weighted by Gasteiger charge is 2.17. The van der Waals surface area contributed by atoms with Crippen molar-refractivity contribution in [1.29, 1.82) is 0 Å². The average Bonchev–Trinajstić information content (AvgIpc) is 3.04. The first kappa shape index (κ1) is 30.0. The van der Waals surface area contributed by atoms with Gasteiger partial charge in [0.25, 0.3) is 5.56 Å². The Morgan fingerprint density at radius 2 is 1.59 bits per heavy atom. The molecule has 0 unspecified atom stereocenters. The molecule has 1 aromatic heterocycles. The van der Waals surface area contributed by atoms with Crippen LogP contribution in [0.2, 0.25) is 0 Å². The van der Waals surface area contributed by atoms with Gasteiger partial charge in [0.1, 0.15) is 24.4 Å². The molecule has 0 spiro atoms. The molecule has 0 saturated carbocycles. The zero-order valence-corrected chi connectivity index (χ0v) is 25.0. The first-order valence-electron chi connectivity index (χ1n) is 14.5. The van der Waals surface area contributed by atoms with Gasteiger partial charge in [0, 0.05) is 17.5 Å². The second kappa shape index (κ2) is 14.1. The molecule has 44 heavy (non-hydrogen) atoms. The van der Waals surface area contributed by atoms with Gasteiger partial charge in [-0.15, -0.1) is 0 Å². The van der Waals surface area contributed by atoms with E-state index in [0.29, 0.717) is 42.2 Å². The molecule has 0 atom stereocenters. The predicted molar refractivity (Wildman–Crippen MR) is 173 cm³/mol. The minimum Gasteiger partial charge on any atom is -0.457 e. The van der Waals surface area contributed by atoms with Crippen molar-refractivity contribution in [3.63, 3.8) is 0 Å². The number of hydrogen-bond acceptors (Lipinski definition) is 6. The number of aromatic nitrogens is 2. The number of ether oxygens (including phenoxy) is 1. The first-order chi connectivity index (χ1) is 21.5. The van der Waals surface area contributed by atoms with E-state index in [-0.39, 0.29) is 5.56 Å². The highest BCUT2D eigenvalue weighted by molar-refractivity contribution is 6.08. The fraction of sp³-hybridized carbons (Fsp3) is 0.167. The number of hydrogen-bond donors (Lipinski definition) is 1. The second-order valence-electron chi connectivity index (χ2n) is 10.2. The van der Waals surface area contributed by atoms with Crippen molar-refractivity contribution in [2.75, 3.05) is 7.11 Å². The van der Waals surface area contributed by atoms with E-state index in [0.717, 1.165) is 45.8 Å². The third kappa shape index (κ3) is 6.76. The Kier molecular flexibility index (Phi) is 9.61. The maximum absolute atomic E-state index is 14.0. The number of aryl methyl sites for hydroxylation is 2. The summed E-state index contributed by atoms with van der Waals surface area (Å²) < 4.78 is 7.60. The SMILES string of the molecule is CCCc1nc(C)n(-c2ccc(Oc3ccccc3)cc2)c(=O)c1Cc1ccc(-c2ccccc2/C(=N/OC)NC=O)cc1. The Bertz CT molecular complexity index is 1810. The summed E-state index contributed by atoms with van der Waals surface area (Å²) >= 11 is 0. The summed E-state index contributed by atoms with van der Waals surface area (Å²) in [6.07, 6.45) is 2.61. The Morgan fingerprint density at radius 3 is 2.27 bits per heavy atom. The number of amidine groups is 1. The first-order valence-corrected chi connectivity index (χ1v) is 14.5. The van der Waals surface area contributed by atoms with Crippen LogP contribution in [0.1, 0.15) is 41.6 Å². The number of rotatable bonds is 11. The van der Waals surface area contributed by atoms with E-state index in [4.69, 9.17) is 14.6 Å². The molecule has 1 heterocycles. The van der Waals surface area contributed by atoms with Gasteiger partial charge in [0.05, 0.1) is 11.4 Å². The summed E-state index contributed by atoms with van der Waals surface area (Å²) in [6, 6.07) is 32.7. The summed E-state index contributed by atoms with van der Waals surface area (Å²) in [5.74, 6) is 2.39. The zero-order valence-electron chi connectivity index (χ0n) is 25.0. The quantitative estimate of drug-likeness (QED) is 0.0815. The fourth-order valence-corrected chi connectivity index (χ4v) is 5.18. The van der Waals surface area contributed by atoms with Crippen molar-refractivity contribution < 1.29 is 14.4 Å². The van der Waals surface area contributed by atoms with E-state index < -0.39 is 0 Å². The lowest BCUT2D eigenvalue weighted by atomic mass is 9.96. The molecule has 4 aromatic carbocycles. The summed E-state index contributed by atoms with van der Waals surface area (Å²) in [7, 11) is 1.43. The molecule has 5 aromatic rings.